The third kappa shape index (κ3) is 8.56. The maximum Gasteiger partial charge on any atom is 0.133 e. The molecule has 1 atom stereocenters. The summed E-state index contributed by atoms with van der Waals surface area (Å²) < 4.78 is 0. The first kappa shape index (κ1) is 18.8. The molecule has 1 aromatic heterocycles. The Kier molecular flexibility index (Phi) is 10.5. The van der Waals surface area contributed by atoms with Gasteiger partial charge in [0.1, 0.15) is 18.5 Å². The van der Waals surface area contributed by atoms with Crippen LogP contribution >= 0.6 is 31.9 Å². The van der Waals surface area contributed by atoms with Crippen LogP contribution in [-0.2, 0) is 6.42 Å². The number of aromatic nitrogens is 3. The van der Waals surface area contributed by atoms with Crippen molar-refractivity contribution in [2.45, 2.75) is 16.8 Å². The maximum absolute atomic E-state index is 8.34. The van der Waals surface area contributed by atoms with Crippen LogP contribution in [0.2, 0.25) is 0 Å². The van der Waals surface area contributed by atoms with Crippen LogP contribution in [0.25, 0.3) is 0 Å². The van der Waals surface area contributed by atoms with Crippen molar-refractivity contribution in [1.29, 1.82) is 0 Å². The third-order valence-corrected chi connectivity index (χ3v) is 4.36. The molecule has 0 aliphatic rings. The van der Waals surface area contributed by atoms with Crippen LogP contribution in [0.4, 0.5) is 0 Å². The van der Waals surface area contributed by atoms with E-state index < -0.39 is 25.4 Å². The van der Waals surface area contributed by atoms with Gasteiger partial charge in [0, 0.05) is 16.6 Å². The van der Waals surface area contributed by atoms with Crippen molar-refractivity contribution in [1.82, 2.24) is 15.0 Å². The molecule has 19 heavy (non-hydrogen) atoms. The molecule has 1 aromatic rings. The molecule has 110 valence electrons. The maximum atomic E-state index is 8.34. The highest BCUT2D eigenvalue weighted by Gasteiger charge is 2.20. The van der Waals surface area contributed by atoms with Gasteiger partial charge in [-0.3, -0.25) is 0 Å². The number of halogens is 2. The summed E-state index contributed by atoms with van der Waals surface area (Å²) in [6.07, 6.45) is 3.85. The first-order valence-electron chi connectivity index (χ1n) is 5.43. The first-order valence-corrected chi connectivity index (χ1v) is 7.47. The zero-order valence-corrected chi connectivity index (χ0v) is 13.5. The topological polar surface area (TPSA) is 125 Å². The number of nitrogens with zero attached hydrogens (tertiary/aromatic N) is 3. The van der Waals surface area contributed by atoms with Gasteiger partial charge >= 0.3 is 0 Å². The average molecular weight is 402 g/mol. The number of aliphatic hydroxyl groups is 3. The highest BCUT2D eigenvalue weighted by atomic mass is 79.9. The van der Waals surface area contributed by atoms with E-state index in [9.17, 15) is 0 Å². The minimum atomic E-state index is -1.21. The summed E-state index contributed by atoms with van der Waals surface area (Å²) in [5.41, 5.74) is 3.94. The summed E-state index contributed by atoms with van der Waals surface area (Å²) in [6, 6.07) is 0. The molecule has 0 saturated carbocycles. The summed E-state index contributed by atoms with van der Waals surface area (Å²) >= 11 is 6.82. The number of hydrogen-bond donors (Lipinski definition) is 4. The highest BCUT2D eigenvalue weighted by Crippen LogP contribution is 2.07. The molecule has 1 rings (SSSR count). The fourth-order valence-corrected chi connectivity index (χ4v) is 1.29. The molecule has 9 heteroatoms. The molecule has 7 nitrogen and oxygen atoms in total. The summed E-state index contributed by atoms with van der Waals surface area (Å²) in [5.74, 6) is 0.821. The number of aliphatic hydroxyl groups excluding tert-OH is 3. The second-order valence-corrected chi connectivity index (χ2v) is 5.79. The fourth-order valence-electron chi connectivity index (χ4n) is 0.771. The Labute approximate surface area is 128 Å². The summed E-state index contributed by atoms with van der Waals surface area (Å²) in [4.78, 5) is 12.1. The molecule has 0 spiro atoms. The molecule has 0 radical (unpaired) electrons. The lowest BCUT2D eigenvalue weighted by molar-refractivity contribution is 0.0698. The SMILES string of the molecule is BrCC(Br)Cc1ncncn1.NC(CO)(CO)CO. The normalized spacial score (nSPS) is 12.5. The number of nitrogens with two attached hydrogens (primary N) is 1. The lowest BCUT2D eigenvalue weighted by atomic mass is 10.1. The van der Waals surface area contributed by atoms with E-state index in [2.05, 4.69) is 46.8 Å². The highest BCUT2D eigenvalue weighted by molar-refractivity contribution is 9.12. The van der Waals surface area contributed by atoms with E-state index >= 15 is 0 Å². The van der Waals surface area contributed by atoms with Crippen LogP contribution in [0.1, 0.15) is 5.82 Å². The van der Waals surface area contributed by atoms with E-state index in [1.807, 2.05) is 0 Å². The van der Waals surface area contributed by atoms with Gasteiger partial charge in [-0.15, -0.1) is 0 Å². The Bertz CT molecular complexity index is 320. The predicted octanol–water partition coefficient (Wildman–Crippen LogP) is -0.767. The van der Waals surface area contributed by atoms with Crippen molar-refractivity contribution < 1.29 is 15.3 Å². The van der Waals surface area contributed by atoms with Crippen molar-refractivity contribution in [3.05, 3.63) is 18.5 Å². The van der Waals surface area contributed by atoms with Gasteiger partial charge in [0.15, 0.2) is 0 Å². The Morgan fingerprint density at radius 1 is 1.16 bits per heavy atom. The average Bonchev–Trinajstić information content (AvgIpc) is 2.48. The van der Waals surface area contributed by atoms with Crippen molar-refractivity contribution in [2.24, 2.45) is 5.73 Å². The van der Waals surface area contributed by atoms with Crippen LogP contribution in [0.5, 0.6) is 0 Å². The quantitative estimate of drug-likeness (QED) is 0.461. The summed E-state index contributed by atoms with van der Waals surface area (Å²) in [7, 11) is 0. The molecule has 0 bridgehead atoms. The van der Waals surface area contributed by atoms with Crippen molar-refractivity contribution in [3.8, 4) is 0 Å². The van der Waals surface area contributed by atoms with Crippen LogP contribution in [0.3, 0.4) is 0 Å². The van der Waals surface area contributed by atoms with Crippen molar-refractivity contribution in [2.75, 3.05) is 25.2 Å². The molecule has 5 N–H and O–H groups in total. The lowest BCUT2D eigenvalue weighted by Gasteiger charge is -2.20. The number of hydrogen-bond acceptors (Lipinski definition) is 7. The van der Waals surface area contributed by atoms with E-state index in [1.54, 1.807) is 0 Å². The van der Waals surface area contributed by atoms with E-state index in [0.29, 0.717) is 4.83 Å². The Morgan fingerprint density at radius 2 is 1.63 bits per heavy atom. The second kappa shape index (κ2) is 10.6. The lowest BCUT2D eigenvalue weighted by Crippen LogP contribution is -2.50. The smallest absolute Gasteiger partial charge is 0.133 e. The zero-order chi connectivity index (χ0) is 14.7. The molecule has 1 heterocycles. The Balaban J connectivity index is 0.000000362. The van der Waals surface area contributed by atoms with E-state index in [1.165, 1.54) is 12.7 Å². The van der Waals surface area contributed by atoms with Gasteiger partial charge in [0.2, 0.25) is 0 Å². The van der Waals surface area contributed by atoms with Gasteiger partial charge in [-0.05, 0) is 0 Å². The molecule has 0 amide bonds. The predicted molar refractivity (Wildman–Crippen MR) is 78.2 cm³/mol. The summed E-state index contributed by atoms with van der Waals surface area (Å²) in [6.45, 7) is -1.21. The Hall–Kier alpha value is -0.190. The molecule has 0 aromatic carbocycles. The van der Waals surface area contributed by atoms with Gasteiger partial charge in [-0.1, -0.05) is 31.9 Å². The van der Waals surface area contributed by atoms with Gasteiger partial charge in [0.05, 0.1) is 25.4 Å². The minimum absolute atomic E-state index is 0.393. The molecular weight excluding hydrogens is 384 g/mol. The standard InChI is InChI=1S/C6H7Br2N3.C4H11NO3/c7-2-5(8)1-6-10-3-9-4-11-6;5-4(1-6,2-7)3-8/h3-5H,1-2H2;6-8H,1-3,5H2. The van der Waals surface area contributed by atoms with Gasteiger partial charge in [-0.25, -0.2) is 15.0 Å². The molecular formula is C10H18Br2N4O3. The largest absolute Gasteiger partial charge is 0.394 e. The van der Waals surface area contributed by atoms with E-state index in [0.717, 1.165) is 17.6 Å². The van der Waals surface area contributed by atoms with Crippen LogP contribution < -0.4 is 5.73 Å². The summed E-state index contributed by atoms with van der Waals surface area (Å²) in [5, 5.41) is 25.9. The van der Waals surface area contributed by atoms with Crippen LogP contribution in [-0.4, -0.2) is 65.8 Å². The number of alkyl halides is 2. The van der Waals surface area contributed by atoms with E-state index in [-0.39, 0.29) is 0 Å². The fraction of sp³-hybridized carbons (Fsp3) is 0.700. The first-order chi connectivity index (χ1) is 9.01. The van der Waals surface area contributed by atoms with Crippen LogP contribution in [0.15, 0.2) is 12.7 Å². The monoisotopic (exact) mass is 400 g/mol. The minimum Gasteiger partial charge on any atom is -0.394 e. The van der Waals surface area contributed by atoms with Crippen molar-refractivity contribution in [3.63, 3.8) is 0 Å². The third-order valence-electron chi connectivity index (χ3n) is 2.06. The van der Waals surface area contributed by atoms with Crippen molar-refractivity contribution >= 4 is 31.9 Å². The number of rotatable bonds is 6. The van der Waals surface area contributed by atoms with E-state index in [4.69, 9.17) is 21.1 Å². The van der Waals surface area contributed by atoms with Gasteiger partial charge in [0.25, 0.3) is 0 Å². The molecule has 0 aliphatic heterocycles. The zero-order valence-electron chi connectivity index (χ0n) is 10.3. The van der Waals surface area contributed by atoms with Gasteiger partial charge < -0.3 is 21.1 Å². The molecule has 1 unspecified atom stereocenters. The molecule has 0 aliphatic carbocycles. The molecule has 0 fully saturated rings. The second-order valence-electron chi connectivity index (χ2n) is 3.85. The molecule has 0 saturated heterocycles. The Morgan fingerprint density at radius 3 is 1.95 bits per heavy atom. The van der Waals surface area contributed by atoms with Gasteiger partial charge in [-0.2, -0.15) is 0 Å². The van der Waals surface area contributed by atoms with Crippen LogP contribution in [0, 0.1) is 0 Å².